The Balaban J connectivity index is 1.62. The first-order valence-electron chi connectivity index (χ1n) is 9.90. The summed E-state index contributed by atoms with van der Waals surface area (Å²) in [4.78, 5) is 24.8. The van der Waals surface area contributed by atoms with Gasteiger partial charge in [0, 0.05) is 10.6 Å². The van der Waals surface area contributed by atoms with Crippen LogP contribution in [-0.2, 0) is 21.4 Å². The third-order valence-electron chi connectivity index (χ3n) is 5.36. The second kappa shape index (κ2) is 8.83. The number of amides is 2. The highest BCUT2D eigenvalue weighted by Gasteiger charge is 2.42. The molecule has 3 atom stereocenters. The summed E-state index contributed by atoms with van der Waals surface area (Å²) in [6.45, 7) is 1.66. The topological polar surface area (TPSA) is 125 Å². The van der Waals surface area contributed by atoms with Crippen molar-refractivity contribution in [3.05, 3.63) is 52.6 Å². The van der Waals surface area contributed by atoms with E-state index in [-0.39, 0.29) is 34.1 Å². The van der Waals surface area contributed by atoms with Gasteiger partial charge in [0.2, 0.25) is 17.6 Å². The molecule has 2 amide bonds. The van der Waals surface area contributed by atoms with Gasteiger partial charge in [-0.15, -0.1) is 10.2 Å². The van der Waals surface area contributed by atoms with Crippen LogP contribution in [0.4, 0.5) is 8.78 Å². The fourth-order valence-corrected chi connectivity index (χ4v) is 3.84. The van der Waals surface area contributed by atoms with Gasteiger partial charge in [-0.05, 0) is 41.5 Å². The van der Waals surface area contributed by atoms with Crippen LogP contribution in [0.2, 0.25) is 5.02 Å². The Labute approximate surface area is 191 Å². The Bertz CT molecular complexity index is 1250. The summed E-state index contributed by atoms with van der Waals surface area (Å²) in [7, 11) is 1.54. The van der Waals surface area contributed by atoms with Crippen LogP contribution in [0.5, 0.6) is 0 Å². The number of halogens is 3. The smallest absolute Gasteiger partial charge is 0.247 e. The van der Waals surface area contributed by atoms with Gasteiger partial charge in [0.1, 0.15) is 17.7 Å². The molecule has 0 spiro atoms. The van der Waals surface area contributed by atoms with E-state index in [0.717, 1.165) is 6.07 Å². The predicted molar refractivity (Wildman–Crippen MR) is 114 cm³/mol. The molecule has 1 saturated heterocycles. The lowest BCUT2D eigenvalue weighted by atomic mass is 9.94. The number of nitrogens with one attached hydrogen (secondary N) is 1. The van der Waals surface area contributed by atoms with E-state index in [1.807, 2.05) is 0 Å². The Morgan fingerprint density at radius 3 is 2.61 bits per heavy atom. The number of rotatable bonds is 6. The Hall–Kier alpha value is -3.44. The first kappa shape index (κ1) is 22.7. The van der Waals surface area contributed by atoms with Crippen LogP contribution in [0.1, 0.15) is 18.5 Å². The monoisotopic (exact) mass is 476 g/mol. The zero-order valence-corrected chi connectivity index (χ0v) is 18.3. The zero-order valence-electron chi connectivity index (χ0n) is 17.6. The largest absolute Gasteiger partial charge is 0.367 e. The molecule has 1 aliphatic rings. The van der Waals surface area contributed by atoms with Crippen molar-refractivity contribution in [2.24, 2.45) is 18.7 Å². The summed E-state index contributed by atoms with van der Waals surface area (Å²) in [5.74, 6) is -3.19. The van der Waals surface area contributed by atoms with Crippen molar-refractivity contribution in [3.63, 3.8) is 0 Å². The summed E-state index contributed by atoms with van der Waals surface area (Å²) < 4.78 is 34.8. The SMILES string of the molecule is CC(NC(=O)C1COC1C(N)=O)c1ccc(-c2cc(Cl)cc(F)c2-c2nnn(C)n2)cc1F. The number of hydrogen-bond acceptors (Lipinski definition) is 6. The zero-order chi connectivity index (χ0) is 23.9. The molecule has 0 radical (unpaired) electrons. The van der Waals surface area contributed by atoms with Gasteiger partial charge in [0.15, 0.2) is 0 Å². The average molecular weight is 477 g/mol. The summed E-state index contributed by atoms with van der Waals surface area (Å²) >= 11 is 6.04. The molecule has 33 heavy (non-hydrogen) atoms. The highest BCUT2D eigenvalue weighted by atomic mass is 35.5. The van der Waals surface area contributed by atoms with Crippen molar-refractivity contribution < 1.29 is 23.1 Å². The Morgan fingerprint density at radius 2 is 2.03 bits per heavy atom. The van der Waals surface area contributed by atoms with Crippen LogP contribution >= 0.6 is 11.6 Å². The van der Waals surface area contributed by atoms with Gasteiger partial charge in [-0.2, -0.15) is 4.80 Å². The van der Waals surface area contributed by atoms with Crippen LogP contribution in [0.15, 0.2) is 30.3 Å². The first-order chi connectivity index (χ1) is 15.7. The van der Waals surface area contributed by atoms with Crippen molar-refractivity contribution in [1.29, 1.82) is 0 Å². The van der Waals surface area contributed by atoms with Crippen LogP contribution in [-0.4, -0.2) is 44.7 Å². The number of benzene rings is 2. The van der Waals surface area contributed by atoms with E-state index in [4.69, 9.17) is 22.1 Å². The number of aromatic nitrogens is 4. The number of hydrogen-bond donors (Lipinski definition) is 2. The van der Waals surface area contributed by atoms with E-state index < -0.39 is 41.5 Å². The average Bonchev–Trinajstić information content (AvgIpc) is 3.11. The quantitative estimate of drug-likeness (QED) is 0.561. The molecule has 3 N–H and O–H groups in total. The molecule has 3 aromatic rings. The molecule has 9 nitrogen and oxygen atoms in total. The fraction of sp³-hybridized carbons (Fsp3) is 0.286. The number of tetrazole rings is 1. The van der Waals surface area contributed by atoms with Crippen molar-refractivity contribution in [1.82, 2.24) is 25.5 Å². The number of carbonyl (C=O) groups is 2. The summed E-state index contributed by atoms with van der Waals surface area (Å²) in [5, 5.41) is 14.4. The highest BCUT2D eigenvalue weighted by Crippen LogP contribution is 2.36. The van der Waals surface area contributed by atoms with Gasteiger partial charge in [-0.25, -0.2) is 8.78 Å². The molecule has 1 aromatic heterocycles. The Kier molecular flexibility index (Phi) is 6.09. The molecule has 172 valence electrons. The minimum Gasteiger partial charge on any atom is -0.367 e. The normalized spacial score (nSPS) is 18.5. The van der Waals surface area contributed by atoms with Crippen LogP contribution < -0.4 is 11.1 Å². The molecule has 0 bridgehead atoms. The molecule has 3 unspecified atom stereocenters. The number of primary amides is 1. The van der Waals surface area contributed by atoms with E-state index in [9.17, 15) is 14.0 Å². The van der Waals surface area contributed by atoms with Gasteiger partial charge in [0.05, 0.1) is 31.2 Å². The van der Waals surface area contributed by atoms with Crippen LogP contribution in [0.25, 0.3) is 22.5 Å². The molecule has 12 heteroatoms. The third-order valence-corrected chi connectivity index (χ3v) is 5.58. The Morgan fingerprint density at radius 1 is 1.27 bits per heavy atom. The molecule has 4 rings (SSSR count). The van der Waals surface area contributed by atoms with E-state index >= 15 is 4.39 Å². The van der Waals surface area contributed by atoms with E-state index in [2.05, 4.69) is 20.7 Å². The van der Waals surface area contributed by atoms with Crippen LogP contribution in [0, 0.1) is 17.6 Å². The minimum atomic E-state index is -0.990. The van der Waals surface area contributed by atoms with Gasteiger partial charge in [0.25, 0.3) is 0 Å². The summed E-state index contributed by atoms with van der Waals surface area (Å²) in [5.41, 5.74) is 6.03. The molecule has 0 aliphatic carbocycles. The molecule has 0 saturated carbocycles. The second-order valence-corrected chi connectivity index (χ2v) is 8.08. The van der Waals surface area contributed by atoms with Gasteiger partial charge in [-0.3, -0.25) is 9.59 Å². The van der Waals surface area contributed by atoms with Crippen LogP contribution in [0.3, 0.4) is 0 Å². The number of carbonyl (C=O) groups excluding carboxylic acids is 2. The third kappa shape index (κ3) is 4.41. The number of nitrogens with two attached hydrogens (primary N) is 1. The first-order valence-corrected chi connectivity index (χ1v) is 10.3. The second-order valence-electron chi connectivity index (χ2n) is 7.64. The molecular weight excluding hydrogens is 458 g/mol. The standard InChI is InChI=1S/C21H19ClF2N6O3/c1-9(26-21(32)14-8-33-18(14)19(25)31)12-4-3-10(5-15(12)23)13-6-11(22)7-16(24)17(13)20-27-29-30(2)28-20/h3-7,9,14,18H,8H2,1-2H3,(H2,25,31)(H,26,32). The van der Waals surface area contributed by atoms with Crippen molar-refractivity contribution in [2.45, 2.75) is 19.1 Å². The highest BCUT2D eigenvalue weighted by molar-refractivity contribution is 6.31. The lowest BCUT2D eigenvalue weighted by molar-refractivity contribution is -0.168. The van der Waals surface area contributed by atoms with E-state index in [1.165, 1.54) is 30.0 Å². The van der Waals surface area contributed by atoms with E-state index in [1.54, 1.807) is 13.0 Å². The molecular formula is C21H19ClF2N6O3. The lowest BCUT2D eigenvalue weighted by Crippen LogP contribution is -2.55. The maximum Gasteiger partial charge on any atom is 0.247 e. The summed E-state index contributed by atoms with van der Waals surface area (Å²) in [6.07, 6.45) is -0.990. The number of ether oxygens (including phenoxy) is 1. The number of aryl methyl sites for hydroxylation is 1. The maximum absolute atomic E-state index is 15.1. The molecule has 1 fully saturated rings. The lowest BCUT2D eigenvalue weighted by Gasteiger charge is -2.34. The van der Waals surface area contributed by atoms with Crippen molar-refractivity contribution in [3.8, 4) is 22.5 Å². The fourth-order valence-electron chi connectivity index (χ4n) is 3.64. The van der Waals surface area contributed by atoms with E-state index in [0.29, 0.717) is 5.56 Å². The number of nitrogens with zero attached hydrogens (tertiary/aromatic N) is 4. The van der Waals surface area contributed by atoms with Crippen molar-refractivity contribution >= 4 is 23.4 Å². The predicted octanol–water partition coefficient (Wildman–Crippen LogP) is 2.15. The van der Waals surface area contributed by atoms with Gasteiger partial charge >= 0.3 is 0 Å². The maximum atomic E-state index is 15.1. The molecule has 2 aromatic carbocycles. The molecule has 2 heterocycles. The minimum absolute atomic E-state index is 0.0264. The van der Waals surface area contributed by atoms with Crippen molar-refractivity contribution in [2.75, 3.05) is 6.61 Å². The molecule has 1 aliphatic heterocycles. The van der Waals surface area contributed by atoms with Gasteiger partial charge < -0.3 is 15.8 Å². The summed E-state index contributed by atoms with van der Waals surface area (Å²) in [6, 6.07) is 6.15. The van der Waals surface area contributed by atoms with Gasteiger partial charge in [-0.1, -0.05) is 23.7 Å².